The molecule has 0 spiro atoms. The lowest BCUT2D eigenvalue weighted by Crippen LogP contribution is -2.44. The highest BCUT2D eigenvalue weighted by atomic mass is 127. The normalized spacial score (nSPS) is 21.1. The fourth-order valence-electron chi connectivity index (χ4n) is 2.81. The number of alkyl halides is 2. The van der Waals surface area contributed by atoms with E-state index in [1.807, 2.05) is 6.07 Å². The van der Waals surface area contributed by atoms with Crippen molar-refractivity contribution in [1.82, 2.24) is 10.6 Å². The van der Waals surface area contributed by atoms with Gasteiger partial charge < -0.3 is 15.4 Å². The quantitative estimate of drug-likeness (QED) is 0.400. The Hall–Kier alpha value is -1.12. The van der Waals surface area contributed by atoms with E-state index in [1.165, 1.54) is 18.9 Å². The number of ether oxygens (including phenoxy) is 1. The standard InChI is InChI=1S/C17H25F2N3O.HI/c1-12-6-8-14(9-7-12)22-17(20-2)21-11-13-4-3-5-15(10-13)23-16(18)19;/h3-5,10,12,14,16H,6-9,11H2,1-2H3,(H2,20,21,22);1H. The molecular formula is C17H26F2IN3O. The van der Waals surface area contributed by atoms with Gasteiger partial charge in [0.1, 0.15) is 5.75 Å². The van der Waals surface area contributed by atoms with Crippen LogP contribution in [0.25, 0.3) is 0 Å². The molecule has 1 aliphatic carbocycles. The monoisotopic (exact) mass is 453 g/mol. The van der Waals surface area contributed by atoms with E-state index in [-0.39, 0.29) is 29.7 Å². The Morgan fingerprint density at radius 3 is 2.62 bits per heavy atom. The van der Waals surface area contributed by atoms with E-state index in [9.17, 15) is 8.78 Å². The second-order valence-corrected chi connectivity index (χ2v) is 6.05. The van der Waals surface area contributed by atoms with Gasteiger partial charge in [0.05, 0.1) is 0 Å². The average molecular weight is 453 g/mol. The number of guanidine groups is 1. The van der Waals surface area contributed by atoms with Gasteiger partial charge in [-0.25, -0.2) is 0 Å². The molecule has 1 aromatic carbocycles. The van der Waals surface area contributed by atoms with Crippen LogP contribution in [0.2, 0.25) is 0 Å². The summed E-state index contributed by atoms with van der Waals surface area (Å²) in [5.41, 5.74) is 0.864. The Morgan fingerprint density at radius 1 is 1.29 bits per heavy atom. The van der Waals surface area contributed by atoms with E-state index in [1.54, 1.807) is 19.2 Å². The minimum absolute atomic E-state index is 0. The van der Waals surface area contributed by atoms with Crippen molar-refractivity contribution in [2.75, 3.05) is 7.05 Å². The van der Waals surface area contributed by atoms with Crippen LogP contribution in [0, 0.1) is 5.92 Å². The Balaban J connectivity index is 0.00000288. The number of rotatable bonds is 5. The molecule has 4 nitrogen and oxygen atoms in total. The van der Waals surface area contributed by atoms with E-state index in [0.29, 0.717) is 12.6 Å². The first kappa shape index (κ1) is 20.9. The lowest BCUT2D eigenvalue weighted by atomic mass is 9.87. The van der Waals surface area contributed by atoms with Gasteiger partial charge in [-0.15, -0.1) is 24.0 Å². The second kappa shape index (κ2) is 10.7. The number of nitrogens with zero attached hydrogens (tertiary/aromatic N) is 1. The molecule has 136 valence electrons. The van der Waals surface area contributed by atoms with Crippen LogP contribution in [-0.4, -0.2) is 25.7 Å². The van der Waals surface area contributed by atoms with Crippen molar-refractivity contribution in [2.24, 2.45) is 10.9 Å². The molecule has 0 bridgehead atoms. The van der Waals surface area contributed by atoms with E-state index >= 15 is 0 Å². The summed E-state index contributed by atoms with van der Waals surface area (Å²) < 4.78 is 28.9. The number of hydrogen-bond donors (Lipinski definition) is 2. The summed E-state index contributed by atoms with van der Waals surface area (Å²) in [7, 11) is 1.73. The van der Waals surface area contributed by atoms with E-state index in [0.717, 1.165) is 30.3 Å². The van der Waals surface area contributed by atoms with Crippen LogP contribution < -0.4 is 15.4 Å². The Labute approximate surface area is 159 Å². The topological polar surface area (TPSA) is 45.7 Å². The molecule has 2 N–H and O–H groups in total. The molecule has 2 rings (SSSR count). The predicted molar refractivity (Wildman–Crippen MR) is 103 cm³/mol. The van der Waals surface area contributed by atoms with Gasteiger partial charge in [-0.05, 0) is 49.3 Å². The van der Waals surface area contributed by atoms with Gasteiger partial charge in [0.15, 0.2) is 5.96 Å². The molecule has 1 saturated carbocycles. The maximum atomic E-state index is 12.2. The van der Waals surface area contributed by atoms with Crippen LogP contribution in [0.3, 0.4) is 0 Å². The molecule has 0 atom stereocenters. The maximum absolute atomic E-state index is 12.2. The van der Waals surface area contributed by atoms with Crippen LogP contribution >= 0.6 is 24.0 Å². The lowest BCUT2D eigenvalue weighted by molar-refractivity contribution is -0.0498. The number of halogens is 3. The van der Waals surface area contributed by atoms with Crippen molar-refractivity contribution < 1.29 is 13.5 Å². The fourth-order valence-corrected chi connectivity index (χ4v) is 2.81. The van der Waals surface area contributed by atoms with Crippen molar-refractivity contribution in [1.29, 1.82) is 0 Å². The first-order valence-electron chi connectivity index (χ1n) is 8.07. The summed E-state index contributed by atoms with van der Waals surface area (Å²) in [6, 6.07) is 7.14. The van der Waals surface area contributed by atoms with Gasteiger partial charge in [0.2, 0.25) is 0 Å². The minimum atomic E-state index is -2.80. The highest BCUT2D eigenvalue weighted by Gasteiger charge is 2.18. The smallest absolute Gasteiger partial charge is 0.387 e. The van der Waals surface area contributed by atoms with E-state index in [2.05, 4.69) is 27.3 Å². The molecular weight excluding hydrogens is 427 g/mol. The highest BCUT2D eigenvalue weighted by molar-refractivity contribution is 14.0. The van der Waals surface area contributed by atoms with Gasteiger partial charge >= 0.3 is 6.61 Å². The summed E-state index contributed by atoms with van der Waals surface area (Å²) in [6.45, 7) is -0.0117. The van der Waals surface area contributed by atoms with Gasteiger partial charge in [0.25, 0.3) is 0 Å². The molecule has 7 heteroatoms. The minimum Gasteiger partial charge on any atom is -0.435 e. The van der Waals surface area contributed by atoms with Gasteiger partial charge in [-0.3, -0.25) is 4.99 Å². The maximum Gasteiger partial charge on any atom is 0.387 e. The first-order valence-corrected chi connectivity index (χ1v) is 8.07. The summed E-state index contributed by atoms with van der Waals surface area (Å²) in [5.74, 6) is 1.72. The zero-order chi connectivity index (χ0) is 16.7. The third kappa shape index (κ3) is 7.19. The molecule has 0 heterocycles. The van der Waals surface area contributed by atoms with Crippen LogP contribution in [-0.2, 0) is 6.54 Å². The summed E-state index contributed by atoms with van der Waals surface area (Å²) >= 11 is 0. The predicted octanol–water partition coefficient (Wildman–Crippen LogP) is 4.15. The van der Waals surface area contributed by atoms with Crippen molar-refractivity contribution in [3.63, 3.8) is 0 Å². The summed E-state index contributed by atoms with van der Waals surface area (Å²) in [6.07, 6.45) is 4.78. The zero-order valence-electron chi connectivity index (χ0n) is 14.1. The van der Waals surface area contributed by atoms with Crippen LogP contribution in [0.4, 0.5) is 8.78 Å². The third-order valence-corrected chi connectivity index (χ3v) is 4.16. The van der Waals surface area contributed by atoms with Crippen molar-refractivity contribution in [2.45, 2.75) is 51.8 Å². The largest absolute Gasteiger partial charge is 0.435 e. The molecule has 0 radical (unpaired) electrons. The molecule has 0 unspecified atom stereocenters. The SMILES string of the molecule is CN=C(NCc1cccc(OC(F)F)c1)NC1CCC(C)CC1.I. The van der Waals surface area contributed by atoms with Crippen molar-refractivity contribution in [3.05, 3.63) is 29.8 Å². The molecule has 0 saturated heterocycles. The van der Waals surface area contributed by atoms with Crippen LogP contribution in [0.1, 0.15) is 38.2 Å². The molecule has 0 aromatic heterocycles. The van der Waals surface area contributed by atoms with Crippen LogP contribution in [0.15, 0.2) is 29.3 Å². The molecule has 1 aromatic rings. The number of hydrogen-bond acceptors (Lipinski definition) is 2. The van der Waals surface area contributed by atoms with Crippen molar-refractivity contribution >= 4 is 29.9 Å². The number of nitrogens with one attached hydrogen (secondary N) is 2. The highest BCUT2D eigenvalue weighted by Crippen LogP contribution is 2.23. The van der Waals surface area contributed by atoms with Gasteiger partial charge in [-0.1, -0.05) is 19.1 Å². The third-order valence-electron chi connectivity index (χ3n) is 4.16. The lowest BCUT2D eigenvalue weighted by Gasteiger charge is -2.28. The molecule has 24 heavy (non-hydrogen) atoms. The summed E-state index contributed by atoms with van der Waals surface area (Å²) in [5, 5.41) is 6.65. The van der Waals surface area contributed by atoms with Crippen LogP contribution in [0.5, 0.6) is 5.75 Å². The van der Waals surface area contributed by atoms with Crippen molar-refractivity contribution in [3.8, 4) is 5.75 Å². The molecule has 0 amide bonds. The summed E-state index contributed by atoms with van der Waals surface area (Å²) in [4.78, 5) is 4.23. The Kier molecular flexibility index (Phi) is 9.31. The molecule has 0 aliphatic heterocycles. The Bertz CT molecular complexity index is 520. The van der Waals surface area contributed by atoms with Gasteiger partial charge in [-0.2, -0.15) is 8.78 Å². The average Bonchev–Trinajstić information content (AvgIpc) is 2.53. The Morgan fingerprint density at radius 2 is 2.00 bits per heavy atom. The number of aliphatic imine (C=N–C) groups is 1. The molecule has 1 aliphatic rings. The van der Waals surface area contributed by atoms with E-state index in [4.69, 9.17) is 0 Å². The number of benzene rings is 1. The first-order chi connectivity index (χ1) is 11.1. The second-order valence-electron chi connectivity index (χ2n) is 6.05. The van der Waals surface area contributed by atoms with Gasteiger partial charge in [0, 0.05) is 19.6 Å². The fraction of sp³-hybridized carbons (Fsp3) is 0.588. The zero-order valence-corrected chi connectivity index (χ0v) is 16.4. The van der Waals surface area contributed by atoms with E-state index < -0.39 is 6.61 Å². The molecule has 1 fully saturated rings.